The van der Waals surface area contributed by atoms with Crippen LogP contribution in [0.4, 0.5) is 0 Å². The molecule has 0 bridgehead atoms. The van der Waals surface area contributed by atoms with Crippen molar-refractivity contribution in [3.8, 4) is 17.8 Å². The van der Waals surface area contributed by atoms with E-state index in [1.165, 1.54) is 17.8 Å². The summed E-state index contributed by atoms with van der Waals surface area (Å²) in [5.41, 5.74) is 0. The maximum atomic E-state index is 8.14. The first-order valence-corrected chi connectivity index (χ1v) is 6.07. The Morgan fingerprint density at radius 2 is 0.818 bits per heavy atom. The number of rotatable bonds is 0. The van der Waals surface area contributed by atoms with Crippen LogP contribution in [0.15, 0.2) is 0 Å². The monoisotopic (exact) mass is 313 g/mol. The maximum absolute atomic E-state index is 8.14. The van der Waals surface area contributed by atoms with Gasteiger partial charge in [-0.25, -0.2) is 0 Å². The van der Waals surface area contributed by atoms with Crippen molar-refractivity contribution < 1.29 is 16.1 Å². The smallest absolute Gasteiger partial charge is 0 e. The molecule has 0 aliphatic heterocycles. The van der Waals surface area contributed by atoms with Gasteiger partial charge in [0.2, 0.25) is 0 Å². The third-order valence-electron chi connectivity index (χ3n) is 0.424. The SMILES string of the molecule is N#[C][Pt]([C]#N)([C]#N)[C]#N.[Li].[Li]. The van der Waals surface area contributed by atoms with Gasteiger partial charge in [-0.3, -0.25) is 0 Å². The van der Waals surface area contributed by atoms with Crippen LogP contribution in [0.2, 0.25) is 0 Å². The van der Waals surface area contributed by atoms with Crippen LogP contribution in [0.5, 0.6) is 0 Å². The number of nitriles is 4. The van der Waals surface area contributed by atoms with Crippen molar-refractivity contribution in [3.05, 3.63) is 0 Å². The zero-order valence-electron chi connectivity index (χ0n) is 6.11. The van der Waals surface area contributed by atoms with Gasteiger partial charge in [0, 0.05) is 37.7 Å². The van der Waals surface area contributed by atoms with E-state index in [1.807, 2.05) is 0 Å². The first-order valence-electron chi connectivity index (χ1n) is 1.53. The Balaban J connectivity index is -0.000000320. The van der Waals surface area contributed by atoms with E-state index >= 15 is 0 Å². The molecular weight excluding hydrogens is 313 g/mol. The molecule has 0 aromatic carbocycles. The fourth-order valence-corrected chi connectivity index (χ4v) is 0.777. The summed E-state index contributed by atoms with van der Waals surface area (Å²) in [6, 6.07) is 0. The van der Waals surface area contributed by atoms with Crippen LogP contribution >= 0.6 is 0 Å². The van der Waals surface area contributed by atoms with Gasteiger partial charge >= 0.3 is 54.9 Å². The third kappa shape index (κ3) is 4.32. The van der Waals surface area contributed by atoms with Crippen molar-refractivity contribution in [2.24, 2.45) is 0 Å². The zero-order valence-corrected chi connectivity index (χ0v) is 8.38. The summed E-state index contributed by atoms with van der Waals surface area (Å²) < 4.78 is 5.85. The summed E-state index contributed by atoms with van der Waals surface area (Å²) in [7, 11) is 0. The molecule has 0 saturated heterocycles. The fraction of sp³-hybridized carbons (Fsp3) is 0. The summed E-state index contributed by atoms with van der Waals surface area (Å²) >= 11 is -3.88. The van der Waals surface area contributed by atoms with Crippen LogP contribution in [0.25, 0.3) is 0 Å². The molecule has 0 aliphatic carbocycles. The van der Waals surface area contributed by atoms with Crippen LogP contribution in [0.1, 0.15) is 0 Å². The second kappa shape index (κ2) is 7.94. The van der Waals surface area contributed by atoms with Gasteiger partial charge in [0.25, 0.3) is 0 Å². The minimum Gasteiger partial charge on any atom is 0 e. The van der Waals surface area contributed by atoms with Gasteiger partial charge in [-0.1, -0.05) is 0 Å². The Morgan fingerprint density at radius 1 is 0.636 bits per heavy atom. The van der Waals surface area contributed by atoms with E-state index in [2.05, 4.69) is 0 Å². The molecule has 7 heteroatoms. The quantitative estimate of drug-likeness (QED) is 0.553. The molecule has 0 atom stereocenters. The molecule has 0 aromatic heterocycles. The van der Waals surface area contributed by atoms with Crippen LogP contribution in [0.3, 0.4) is 0 Å². The van der Waals surface area contributed by atoms with Gasteiger partial charge in [-0.05, 0) is 0 Å². The van der Waals surface area contributed by atoms with Crippen molar-refractivity contribution in [3.63, 3.8) is 0 Å². The summed E-state index contributed by atoms with van der Waals surface area (Å²) in [6.45, 7) is 0. The van der Waals surface area contributed by atoms with Crippen molar-refractivity contribution in [2.75, 3.05) is 0 Å². The molecule has 0 heterocycles. The Kier molecular flexibility index (Phi) is 12.3. The van der Waals surface area contributed by atoms with E-state index < -0.39 is 16.1 Å². The van der Waals surface area contributed by atoms with Crippen LogP contribution in [0, 0.1) is 38.9 Å². The molecule has 0 aromatic rings. The van der Waals surface area contributed by atoms with Crippen LogP contribution in [-0.4, -0.2) is 37.7 Å². The van der Waals surface area contributed by atoms with E-state index in [0.29, 0.717) is 0 Å². The van der Waals surface area contributed by atoms with Gasteiger partial charge in [0.15, 0.2) is 0 Å². The summed E-state index contributed by atoms with van der Waals surface area (Å²) in [6.07, 6.45) is 0. The molecule has 0 spiro atoms. The average molecular weight is 313 g/mol. The minimum absolute atomic E-state index is 0. The second-order valence-electron chi connectivity index (χ2n) is 0.757. The van der Waals surface area contributed by atoms with Crippen molar-refractivity contribution in [1.82, 2.24) is 0 Å². The Hall–Kier alpha value is -0.157. The van der Waals surface area contributed by atoms with Crippen molar-refractivity contribution in [1.29, 1.82) is 21.0 Å². The summed E-state index contributed by atoms with van der Waals surface area (Å²) in [5.74, 6) is 0. The van der Waals surface area contributed by atoms with Gasteiger partial charge in [0.1, 0.15) is 0 Å². The molecule has 0 N–H and O–H groups in total. The predicted molar refractivity (Wildman–Crippen MR) is 34.0 cm³/mol. The molecular formula is C4Li2N4Pt. The third-order valence-corrected chi connectivity index (χ3v) is 3.47. The molecule has 0 saturated carbocycles. The minimum atomic E-state index is -3.88. The van der Waals surface area contributed by atoms with Crippen LogP contribution < -0.4 is 0 Å². The summed E-state index contributed by atoms with van der Waals surface area (Å²) in [5, 5.41) is 32.6. The molecule has 2 radical (unpaired) electrons. The first-order chi connectivity index (χ1) is 4.24. The van der Waals surface area contributed by atoms with E-state index in [1.54, 1.807) is 0 Å². The molecule has 11 heavy (non-hydrogen) atoms. The Morgan fingerprint density at radius 3 is 0.818 bits per heavy atom. The average Bonchev–Trinajstić information content (AvgIpc) is 1.95. The Bertz CT molecular complexity index is 213. The van der Waals surface area contributed by atoms with Crippen molar-refractivity contribution in [2.45, 2.75) is 0 Å². The zero-order chi connectivity index (χ0) is 7.33. The van der Waals surface area contributed by atoms with E-state index in [4.69, 9.17) is 21.0 Å². The normalized spacial score (nSPS) is 7.64. The van der Waals surface area contributed by atoms with Gasteiger partial charge < -0.3 is 0 Å². The molecule has 0 rings (SSSR count). The van der Waals surface area contributed by atoms with Crippen LogP contribution in [-0.2, 0) is 16.1 Å². The second-order valence-corrected chi connectivity index (χ2v) is 6.20. The van der Waals surface area contributed by atoms with E-state index in [9.17, 15) is 0 Å². The molecule has 48 valence electrons. The maximum Gasteiger partial charge on any atom is 0 e. The topological polar surface area (TPSA) is 95.2 Å². The van der Waals surface area contributed by atoms with Crippen molar-refractivity contribution >= 4 is 37.7 Å². The van der Waals surface area contributed by atoms with E-state index in [0.717, 1.165) is 0 Å². The summed E-state index contributed by atoms with van der Waals surface area (Å²) in [4.78, 5) is 0. The number of hydrogen-bond acceptors (Lipinski definition) is 4. The largest absolute Gasteiger partial charge is 0 e. The number of hydrogen-bond donors (Lipinski definition) is 0. The van der Waals surface area contributed by atoms with Gasteiger partial charge in [-0.2, -0.15) is 0 Å². The standard InChI is InChI=1S/4CN.2Li.Pt/c4*1-2;;;. The fourth-order valence-electron chi connectivity index (χ4n) is 0.0949. The molecule has 4 nitrogen and oxygen atoms in total. The number of nitrogens with zero attached hydrogens (tertiary/aromatic N) is 4. The first kappa shape index (κ1) is 17.1. The van der Waals surface area contributed by atoms with Gasteiger partial charge in [-0.15, -0.1) is 0 Å². The Labute approximate surface area is 91.9 Å². The molecule has 0 aliphatic rings. The molecule has 0 fully saturated rings. The molecule has 0 unspecified atom stereocenters. The molecule has 0 amide bonds. The van der Waals surface area contributed by atoms with E-state index in [-0.39, 0.29) is 37.7 Å². The predicted octanol–water partition coefficient (Wildman–Crippen LogP) is -0.697. The van der Waals surface area contributed by atoms with Gasteiger partial charge in [0.05, 0.1) is 0 Å².